The van der Waals surface area contributed by atoms with Crippen LogP contribution in [-0.4, -0.2) is 71.9 Å². The van der Waals surface area contributed by atoms with E-state index in [-0.39, 0.29) is 6.54 Å². The van der Waals surface area contributed by atoms with Gasteiger partial charge < -0.3 is 30.1 Å². The van der Waals surface area contributed by atoms with Gasteiger partial charge in [0, 0.05) is 38.4 Å². The van der Waals surface area contributed by atoms with Crippen LogP contribution in [0, 0.1) is 5.92 Å². The summed E-state index contributed by atoms with van der Waals surface area (Å²) >= 11 is 0. The van der Waals surface area contributed by atoms with E-state index in [0.29, 0.717) is 32.1 Å². The third kappa shape index (κ3) is 6.24. The van der Waals surface area contributed by atoms with Crippen molar-refractivity contribution in [3.63, 3.8) is 0 Å². The summed E-state index contributed by atoms with van der Waals surface area (Å²) in [7, 11) is 0. The van der Waals surface area contributed by atoms with E-state index in [1.807, 2.05) is 54.6 Å². The maximum absolute atomic E-state index is 12.6. The Balaban J connectivity index is 1.21. The van der Waals surface area contributed by atoms with Crippen molar-refractivity contribution in [1.82, 2.24) is 10.2 Å². The van der Waals surface area contributed by atoms with E-state index in [1.54, 1.807) is 0 Å². The molecule has 2 aromatic carbocycles. The van der Waals surface area contributed by atoms with Crippen LogP contribution in [0.4, 0.5) is 5.69 Å². The second-order valence-corrected chi connectivity index (χ2v) is 8.65. The number of amides is 2. The molecule has 8 nitrogen and oxygen atoms in total. The first-order chi connectivity index (χ1) is 16.0. The number of nitrogens with one attached hydrogen (secondary N) is 1. The molecule has 3 N–H and O–H groups in total. The van der Waals surface area contributed by atoms with E-state index < -0.39 is 24.0 Å². The van der Waals surface area contributed by atoms with Gasteiger partial charge in [-0.1, -0.05) is 30.3 Å². The summed E-state index contributed by atoms with van der Waals surface area (Å²) in [6.45, 7) is 2.96. The largest absolute Gasteiger partial charge is 0.493 e. The standard InChI is InChI=1S/C25H31N3O5/c29-22(24(31)26-16-18-8-10-21(11-9-18)33-17-19-6-7-19)23(30)25(32)28-14-12-27(13-15-28)20-4-2-1-3-5-20/h1-5,8-11,19,22-23,29-30H,6-7,12-17H2,(H,26,31)/t22-,23-/m1/s1. The Morgan fingerprint density at radius 3 is 2.24 bits per heavy atom. The Labute approximate surface area is 193 Å². The molecule has 2 fully saturated rings. The molecule has 1 aliphatic heterocycles. The normalized spacial score (nSPS) is 17.9. The van der Waals surface area contributed by atoms with Gasteiger partial charge in [0.05, 0.1) is 6.61 Å². The number of aliphatic hydroxyl groups excluding tert-OH is 2. The van der Waals surface area contributed by atoms with Crippen molar-refractivity contribution < 1.29 is 24.5 Å². The molecule has 2 aliphatic rings. The van der Waals surface area contributed by atoms with Crippen LogP contribution in [0.1, 0.15) is 18.4 Å². The van der Waals surface area contributed by atoms with Crippen LogP contribution in [0.2, 0.25) is 0 Å². The Kier molecular flexibility index (Phi) is 7.47. The SMILES string of the molecule is O=C(NCc1ccc(OCC2CC2)cc1)[C@H](O)[C@@H](O)C(=O)N1CCN(c2ccccc2)CC1. The van der Waals surface area contributed by atoms with Crippen molar-refractivity contribution in [1.29, 1.82) is 0 Å². The highest BCUT2D eigenvalue weighted by Crippen LogP contribution is 2.29. The second-order valence-electron chi connectivity index (χ2n) is 8.65. The predicted octanol–water partition coefficient (Wildman–Crippen LogP) is 1.16. The zero-order valence-electron chi connectivity index (χ0n) is 18.6. The molecule has 1 saturated carbocycles. The van der Waals surface area contributed by atoms with Crippen LogP contribution in [0.3, 0.4) is 0 Å². The number of nitrogens with zero attached hydrogens (tertiary/aromatic N) is 2. The second kappa shape index (κ2) is 10.7. The number of hydrogen-bond acceptors (Lipinski definition) is 6. The molecule has 1 saturated heterocycles. The maximum atomic E-state index is 12.6. The molecular formula is C25H31N3O5. The number of hydrogen-bond donors (Lipinski definition) is 3. The van der Waals surface area contributed by atoms with Gasteiger partial charge >= 0.3 is 0 Å². The molecule has 33 heavy (non-hydrogen) atoms. The summed E-state index contributed by atoms with van der Waals surface area (Å²) in [5.74, 6) is 0.0353. The summed E-state index contributed by atoms with van der Waals surface area (Å²) in [4.78, 5) is 28.6. The highest BCUT2D eigenvalue weighted by Gasteiger charge is 2.34. The molecular weight excluding hydrogens is 422 g/mol. The Hall–Kier alpha value is -3.10. The summed E-state index contributed by atoms with van der Waals surface area (Å²) < 4.78 is 5.69. The van der Waals surface area contributed by atoms with E-state index in [9.17, 15) is 19.8 Å². The van der Waals surface area contributed by atoms with Crippen LogP contribution in [0.25, 0.3) is 0 Å². The molecule has 0 spiro atoms. The van der Waals surface area contributed by atoms with E-state index >= 15 is 0 Å². The van der Waals surface area contributed by atoms with Crippen LogP contribution in [0.5, 0.6) is 5.75 Å². The van der Waals surface area contributed by atoms with E-state index in [2.05, 4.69) is 10.2 Å². The van der Waals surface area contributed by atoms with Gasteiger partial charge in [0.25, 0.3) is 11.8 Å². The van der Waals surface area contributed by atoms with Crippen molar-refractivity contribution in [3.05, 3.63) is 60.2 Å². The minimum absolute atomic E-state index is 0.176. The Bertz CT molecular complexity index is 925. The fourth-order valence-corrected chi connectivity index (χ4v) is 3.79. The van der Waals surface area contributed by atoms with Crippen molar-refractivity contribution in [2.75, 3.05) is 37.7 Å². The molecule has 2 amide bonds. The highest BCUT2D eigenvalue weighted by molar-refractivity contribution is 5.90. The molecule has 2 aromatic rings. The number of anilines is 1. The fourth-order valence-electron chi connectivity index (χ4n) is 3.79. The average molecular weight is 454 g/mol. The maximum Gasteiger partial charge on any atom is 0.254 e. The average Bonchev–Trinajstić information content (AvgIpc) is 3.70. The van der Waals surface area contributed by atoms with Gasteiger partial charge in [-0.2, -0.15) is 0 Å². The topological polar surface area (TPSA) is 102 Å². The van der Waals surface area contributed by atoms with Gasteiger partial charge in [-0.05, 0) is 48.6 Å². The lowest BCUT2D eigenvalue weighted by molar-refractivity contribution is -0.153. The van der Waals surface area contributed by atoms with Crippen molar-refractivity contribution in [2.45, 2.75) is 31.6 Å². The van der Waals surface area contributed by atoms with E-state index in [4.69, 9.17) is 4.74 Å². The zero-order valence-corrected chi connectivity index (χ0v) is 18.6. The number of benzene rings is 2. The molecule has 0 unspecified atom stereocenters. The third-order valence-corrected chi connectivity index (χ3v) is 6.11. The molecule has 4 rings (SSSR count). The summed E-state index contributed by atoms with van der Waals surface area (Å²) in [5.41, 5.74) is 1.90. The number of piperazine rings is 1. The molecule has 176 valence electrons. The minimum Gasteiger partial charge on any atom is -0.493 e. The first-order valence-electron chi connectivity index (χ1n) is 11.5. The van der Waals surface area contributed by atoms with Gasteiger partial charge in [-0.15, -0.1) is 0 Å². The summed E-state index contributed by atoms with van der Waals surface area (Å²) in [6.07, 6.45) is -1.17. The van der Waals surface area contributed by atoms with E-state index in [1.165, 1.54) is 17.7 Å². The van der Waals surface area contributed by atoms with Gasteiger partial charge in [-0.25, -0.2) is 0 Å². The zero-order chi connectivity index (χ0) is 23.2. The van der Waals surface area contributed by atoms with Gasteiger partial charge in [-0.3, -0.25) is 9.59 Å². The lowest BCUT2D eigenvalue weighted by atomic mass is 10.1. The third-order valence-electron chi connectivity index (χ3n) is 6.11. The fraction of sp³-hybridized carbons (Fsp3) is 0.440. The Morgan fingerprint density at radius 1 is 0.939 bits per heavy atom. The van der Waals surface area contributed by atoms with Crippen LogP contribution < -0.4 is 15.0 Å². The molecule has 8 heteroatoms. The molecule has 0 bridgehead atoms. The summed E-state index contributed by atoms with van der Waals surface area (Å²) in [6, 6.07) is 17.2. The molecule has 2 atom stereocenters. The number of para-hydroxylation sites is 1. The number of carbonyl (C=O) groups excluding carboxylic acids is 2. The predicted molar refractivity (Wildman–Crippen MR) is 124 cm³/mol. The molecule has 1 heterocycles. The van der Waals surface area contributed by atoms with Crippen LogP contribution in [-0.2, 0) is 16.1 Å². The first kappa shape index (κ1) is 23.1. The van der Waals surface area contributed by atoms with Gasteiger partial charge in [0.15, 0.2) is 12.2 Å². The van der Waals surface area contributed by atoms with Gasteiger partial charge in [0.2, 0.25) is 0 Å². The molecule has 1 aliphatic carbocycles. The lowest BCUT2D eigenvalue weighted by Crippen LogP contribution is -2.55. The smallest absolute Gasteiger partial charge is 0.254 e. The number of ether oxygens (including phenoxy) is 1. The lowest BCUT2D eigenvalue weighted by Gasteiger charge is -2.37. The van der Waals surface area contributed by atoms with Crippen LogP contribution in [0.15, 0.2) is 54.6 Å². The van der Waals surface area contributed by atoms with Crippen molar-refractivity contribution >= 4 is 17.5 Å². The van der Waals surface area contributed by atoms with Crippen LogP contribution >= 0.6 is 0 Å². The highest BCUT2D eigenvalue weighted by atomic mass is 16.5. The molecule has 0 radical (unpaired) electrons. The van der Waals surface area contributed by atoms with E-state index in [0.717, 1.165) is 23.6 Å². The molecule has 0 aromatic heterocycles. The summed E-state index contributed by atoms with van der Waals surface area (Å²) in [5, 5.41) is 23.1. The van der Waals surface area contributed by atoms with Crippen molar-refractivity contribution in [2.24, 2.45) is 5.92 Å². The number of carbonyl (C=O) groups is 2. The first-order valence-corrected chi connectivity index (χ1v) is 11.5. The minimum atomic E-state index is -1.83. The van der Waals surface area contributed by atoms with Gasteiger partial charge in [0.1, 0.15) is 5.75 Å². The Morgan fingerprint density at radius 2 is 1.61 bits per heavy atom. The quantitative estimate of drug-likeness (QED) is 0.527. The van der Waals surface area contributed by atoms with Crippen molar-refractivity contribution in [3.8, 4) is 5.75 Å². The monoisotopic (exact) mass is 453 g/mol. The number of aliphatic hydroxyl groups is 2. The number of rotatable bonds is 9.